The summed E-state index contributed by atoms with van der Waals surface area (Å²) in [5.41, 5.74) is 3.42. The molecular formula is C17H21N3O2S. The highest BCUT2D eigenvalue weighted by atomic mass is 32.2. The largest absolute Gasteiger partial charge is 0.304 e. The van der Waals surface area contributed by atoms with E-state index in [4.69, 9.17) is 0 Å². The van der Waals surface area contributed by atoms with Crippen LogP contribution in [0.15, 0.2) is 41.4 Å². The molecule has 0 amide bonds. The highest BCUT2D eigenvalue weighted by molar-refractivity contribution is 7.91. The summed E-state index contributed by atoms with van der Waals surface area (Å²) in [5.74, 6) is 0. The van der Waals surface area contributed by atoms with E-state index in [0.29, 0.717) is 18.0 Å². The van der Waals surface area contributed by atoms with E-state index in [1.807, 2.05) is 44.1 Å². The van der Waals surface area contributed by atoms with Gasteiger partial charge in [-0.15, -0.1) is 0 Å². The zero-order valence-electron chi connectivity index (χ0n) is 13.6. The Hall–Kier alpha value is -1.76. The number of benzene rings is 1. The van der Waals surface area contributed by atoms with Gasteiger partial charge in [-0.25, -0.2) is 8.42 Å². The molecule has 0 bridgehead atoms. The van der Waals surface area contributed by atoms with Gasteiger partial charge in [0.2, 0.25) is 0 Å². The SMILES string of the molecule is Cc1ccccc1S(=O)(=O)C1NCc2cnc(CN(C)C)cc21. The first kappa shape index (κ1) is 16.1. The fourth-order valence-electron chi connectivity index (χ4n) is 2.94. The van der Waals surface area contributed by atoms with E-state index in [2.05, 4.69) is 10.3 Å². The molecule has 1 atom stereocenters. The summed E-state index contributed by atoms with van der Waals surface area (Å²) in [4.78, 5) is 6.82. The summed E-state index contributed by atoms with van der Waals surface area (Å²) >= 11 is 0. The van der Waals surface area contributed by atoms with Crippen molar-refractivity contribution in [1.82, 2.24) is 15.2 Å². The molecule has 1 aromatic carbocycles. The molecule has 0 fully saturated rings. The molecule has 5 nitrogen and oxygen atoms in total. The summed E-state index contributed by atoms with van der Waals surface area (Å²) in [5, 5.41) is 2.42. The lowest BCUT2D eigenvalue weighted by Gasteiger charge is -2.16. The van der Waals surface area contributed by atoms with Crippen LogP contribution in [0.1, 0.15) is 27.8 Å². The molecule has 0 spiro atoms. The number of hydrogen-bond donors (Lipinski definition) is 1. The molecule has 6 heteroatoms. The van der Waals surface area contributed by atoms with Crippen LogP contribution in [-0.2, 0) is 22.9 Å². The lowest BCUT2D eigenvalue weighted by atomic mass is 10.1. The fourth-order valence-corrected chi connectivity index (χ4v) is 4.83. The van der Waals surface area contributed by atoms with Crippen molar-refractivity contribution >= 4 is 9.84 Å². The zero-order valence-corrected chi connectivity index (χ0v) is 14.4. The predicted molar refractivity (Wildman–Crippen MR) is 89.6 cm³/mol. The minimum Gasteiger partial charge on any atom is -0.304 e. The van der Waals surface area contributed by atoms with E-state index in [9.17, 15) is 8.42 Å². The van der Waals surface area contributed by atoms with Crippen molar-refractivity contribution in [2.24, 2.45) is 0 Å². The summed E-state index contributed by atoms with van der Waals surface area (Å²) in [6, 6.07) is 9.03. The van der Waals surface area contributed by atoms with Gasteiger partial charge in [0, 0.05) is 19.3 Å². The van der Waals surface area contributed by atoms with Gasteiger partial charge in [-0.2, -0.15) is 0 Å². The molecule has 1 aliphatic rings. The Balaban J connectivity index is 2.03. The normalized spacial score (nSPS) is 17.5. The maximum absolute atomic E-state index is 13.1. The summed E-state index contributed by atoms with van der Waals surface area (Å²) in [6.07, 6.45) is 1.79. The average Bonchev–Trinajstić information content (AvgIpc) is 2.90. The molecule has 1 aromatic heterocycles. The summed E-state index contributed by atoms with van der Waals surface area (Å²) < 4.78 is 26.1. The minimum absolute atomic E-state index is 0.385. The van der Waals surface area contributed by atoms with Crippen molar-refractivity contribution < 1.29 is 8.42 Å². The maximum Gasteiger partial charge on any atom is 0.198 e. The van der Waals surface area contributed by atoms with Crippen LogP contribution in [0.4, 0.5) is 0 Å². The monoisotopic (exact) mass is 331 g/mol. The van der Waals surface area contributed by atoms with E-state index >= 15 is 0 Å². The number of aryl methyl sites for hydroxylation is 1. The van der Waals surface area contributed by atoms with Gasteiger partial charge in [-0.05, 0) is 49.8 Å². The van der Waals surface area contributed by atoms with Crippen LogP contribution in [0.25, 0.3) is 0 Å². The number of aromatic nitrogens is 1. The van der Waals surface area contributed by atoms with E-state index in [-0.39, 0.29) is 0 Å². The van der Waals surface area contributed by atoms with Crippen molar-refractivity contribution in [3.05, 3.63) is 58.9 Å². The van der Waals surface area contributed by atoms with Gasteiger partial charge < -0.3 is 4.90 Å². The van der Waals surface area contributed by atoms with Crippen LogP contribution < -0.4 is 5.32 Å². The van der Waals surface area contributed by atoms with Crippen molar-refractivity contribution in [1.29, 1.82) is 0 Å². The Morgan fingerprint density at radius 1 is 1.30 bits per heavy atom. The van der Waals surface area contributed by atoms with Crippen molar-refractivity contribution in [2.45, 2.75) is 30.3 Å². The summed E-state index contributed by atoms with van der Waals surface area (Å²) in [6.45, 7) is 3.04. The molecule has 2 heterocycles. The predicted octanol–water partition coefficient (Wildman–Crippen LogP) is 2.03. The van der Waals surface area contributed by atoms with E-state index in [0.717, 1.165) is 22.4 Å². The van der Waals surface area contributed by atoms with Gasteiger partial charge in [0.25, 0.3) is 0 Å². The Kier molecular flexibility index (Phi) is 4.23. The number of hydrogen-bond acceptors (Lipinski definition) is 5. The first-order chi connectivity index (χ1) is 10.9. The molecule has 23 heavy (non-hydrogen) atoms. The first-order valence-electron chi connectivity index (χ1n) is 7.55. The van der Waals surface area contributed by atoms with Crippen LogP contribution in [-0.4, -0.2) is 32.4 Å². The number of pyridine rings is 1. The van der Waals surface area contributed by atoms with E-state index < -0.39 is 15.2 Å². The van der Waals surface area contributed by atoms with Crippen LogP contribution in [0.3, 0.4) is 0 Å². The lowest BCUT2D eigenvalue weighted by molar-refractivity contribution is 0.396. The molecule has 122 valence electrons. The second-order valence-corrected chi connectivity index (χ2v) is 8.18. The smallest absolute Gasteiger partial charge is 0.198 e. The molecule has 0 radical (unpaired) electrons. The quantitative estimate of drug-likeness (QED) is 0.929. The second kappa shape index (κ2) is 6.03. The third-order valence-electron chi connectivity index (χ3n) is 4.03. The molecular weight excluding hydrogens is 310 g/mol. The molecule has 0 saturated carbocycles. The number of nitrogens with zero attached hydrogens (tertiary/aromatic N) is 2. The van der Waals surface area contributed by atoms with Crippen molar-refractivity contribution in [2.75, 3.05) is 14.1 Å². The third kappa shape index (κ3) is 3.02. The van der Waals surface area contributed by atoms with Gasteiger partial charge >= 0.3 is 0 Å². The Morgan fingerprint density at radius 2 is 2.04 bits per heavy atom. The average molecular weight is 331 g/mol. The highest BCUT2D eigenvalue weighted by Crippen LogP contribution is 2.34. The third-order valence-corrected chi connectivity index (χ3v) is 6.14. The Morgan fingerprint density at radius 3 is 2.74 bits per heavy atom. The number of sulfone groups is 1. The minimum atomic E-state index is -3.48. The topological polar surface area (TPSA) is 62.3 Å². The lowest BCUT2D eigenvalue weighted by Crippen LogP contribution is -2.23. The molecule has 0 saturated heterocycles. The number of rotatable bonds is 4. The standard InChI is InChI=1S/C17H21N3O2S/c1-12-6-4-5-7-16(12)23(21,22)17-15-8-14(11-20(2)3)18-9-13(15)10-19-17/h4-9,17,19H,10-11H2,1-3H3. The van der Waals surface area contributed by atoms with Crippen LogP contribution in [0, 0.1) is 6.92 Å². The number of fused-ring (bicyclic) bond motifs is 1. The van der Waals surface area contributed by atoms with Gasteiger partial charge in [0.05, 0.1) is 10.6 Å². The van der Waals surface area contributed by atoms with Gasteiger partial charge in [-0.3, -0.25) is 10.3 Å². The first-order valence-corrected chi connectivity index (χ1v) is 9.09. The molecule has 3 rings (SSSR count). The molecule has 0 aliphatic carbocycles. The number of nitrogens with one attached hydrogen (secondary N) is 1. The summed E-state index contributed by atoms with van der Waals surface area (Å²) in [7, 11) is 0.453. The van der Waals surface area contributed by atoms with Gasteiger partial charge in [0.15, 0.2) is 9.84 Å². The fraction of sp³-hybridized carbons (Fsp3) is 0.353. The molecule has 1 aliphatic heterocycles. The van der Waals surface area contributed by atoms with Crippen LogP contribution >= 0.6 is 0 Å². The molecule has 1 unspecified atom stereocenters. The Bertz CT molecular complexity index is 831. The zero-order chi connectivity index (χ0) is 16.6. The van der Waals surface area contributed by atoms with E-state index in [1.54, 1.807) is 18.3 Å². The van der Waals surface area contributed by atoms with Crippen molar-refractivity contribution in [3.8, 4) is 0 Å². The van der Waals surface area contributed by atoms with Gasteiger partial charge in [0.1, 0.15) is 5.37 Å². The maximum atomic E-state index is 13.1. The highest BCUT2D eigenvalue weighted by Gasteiger charge is 2.35. The van der Waals surface area contributed by atoms with Gasteiger partial charge in [-0.1, -0.05) is 18.2 Å². The van der Waals surface area contributed by atoms with Crippen LogP contribution in [0.5, 0.6) is 0 Å². The molecule has 1 N–H and O–H groups in total. The van der Waals surface area contributed by atoms with E-state index in [1.165, 1.54) is 0 Å². The van der Waals surface area contributed by atoms with Crippen molar-refractivity contribution in [3.63, 3.8) is 0 Å². The molecule has 2 aromatic rings. The Labute approximate surface area is 137 Å². The van der Waals surface area contributed by atoms with Crippen LogP contribution in [0.2, 0.25) is 0 Å². The second-order valence-electron chi connectivity index (χ2n) is 6.18.